The molecule has 1 heterocycles. The molecule has 4 bridgehead atoms. The monoisotopic (exact) mass is 505 g/mol. The number of rotatable bonds is 6. The first kappa shape index (κ1) is 23.9. The van der Waals surface area contributed by atoms with Gasteiger partial charge in [-0.1, -0.05) is 30.8 Å². The molecule has 2 amide bonds. The lowest BCUT2D eigenvalue weighted by molar-refractivity contribution is -0.118. The second kappa shape index (κ2) is 9.10. The van der Waals surface area contributed by atoms with Gasteiger partial charge in [0.1, 0.15) is 0 Å². The van der Waals surface area contributed by atoms with Gasteiger partial charge >= 0.3 is 6.09 Å². The van der Waals surface area contributed by atoms with Gasteiger partial charge in [0.2, 0.25) is 5.91 Å². The molecule has 0 aromatic heterocycles. The van der Waals surface area contributed by atoms with Crippen LogP contribution < -0.4 is 15.5 Å². The zero-order chi connectivity index (χ0) is 24.9. The van der Waals surface area contributed by atoms with Crippen molar-refractivity contribution in [1.29, 1.82) is 0 Å². The maximum atomic E-state index is 13.8. The number of benzene rings is 2. The summed E-state index contributed by atoms with van der Waals surface area (Å²) in [5, 5.41) is 6.67. The minimum Gasteiger partial charge on any atom is -0.450 e. The van der Waals surface area contributed by atoms with Crippen LogP contribution in [0.2, 0.25) is 0 Å². The van der Waals surface area contributed by atoms with Crippen LogP contribution in [0.5, 0.6) is 0 Å². The van der Waals surface area contributed by atoms with Crippen molar-refractivity contribution >= 4 is 40.8 Å². The van der Waals surface area contributed by atoms with Gasteiger partial charge in [0.05, 0.1) is 18.0 Å². The molecule has 2 unspecified atom stereocenters. The molecule has 2 aromatic carbocycles. The van der Waals surface area contributed by atoms with E-state index in [9.17, 15) is 9.59 Å². The Morgan fingerprint density at radius 1 is 1.06 bits per heavy atom. The van der Waals surface area contributed by atoms with Crippen LogP contribution >= 0.6 is 11.8 Å². The summed E-state index contributed by atoms with van der Waals surface area (Å²) in [4.78, 5) is 29.7. The van der Waals surface area contributed by atoms with Crippen molar-refractivity contribution in [3.8, 4) is 0 Å². The molecule has 4 saturated carbocycles. The van der Waals surface area contributed by atoms with Crippen molar-refractivity contribution in [3.05, 3.63) is 42.5 Å². The molecule has 4 fully saturated rings. The Balaban J connectivity index is 1.21. The van der Waals surface area contributed by atoms with Gasteiger partial charge in [-0.3, -0.25) is 15.0 Å². The number of carbonyl (C=O) groups is 2. The van der Waals surface area contributed by atoms with E-state index in [0.717, 1.165) is 33.0 Å². The summed E-state index contributed by atoms with van der Waals surface area (Å²) in [6.07, 6.45) is 7.88. The van der Waals surface area contributed by atoms with Gasteiger partial charge in [0.25, 0.3) is 0 Å². The molecule has 36 heavy (non-hydrogen) atoms. The van der Waals surface area contributed by atoms with Crippen molar-refractivity contribution < 1.29 is 14.3 Å². The van der Waals surface area contributed by atoms with Crippen molar-refractivity contribution in [2.24, 2.45) is 17.3 Å². The molecule has 0 spiro atoms. The van der Waals surface area contributed by atoms with Crippen molar-refractivity contribution in [3.63, 3.8) is 0 Å². The fourth-order valence-electron chi connectivity index (χ4n) is 7.86. The van der Waals surface area contributed by atoms with E-state index >= 15 is 0 Å². The van der Waals surface area contributed by atoms with Crippen LogP contribution in [0.4, 0.5) is 21.9 Å². The van der Waals surface area contributed by atoms with Crippen molar-refractivity contribution in [1.82, 2.24) is 5.32 Å². The molecule has 2 atom stereocenters. The maximum absolute atomic E-state index is 13.8. The molecule has 7 heteroatoms. The lowest BCUT2D eigenvalue weighted by Gasteiger charge is -2.61. The first-order chi connectivity index (χ1) is 17.4. The van der Waals surface area contributed by atoms with E-state index in [1.54, 1.807) is 18.7 Å². The predicted molar refractivity (Wildman–Crippen MR) is 143 cm³/mol. The molecule has 7 rings (SSSR count). The molecular weight excluding hydrogens is 470 g/mol. The number of carbonyl (C=O) groups excluding carboxylic acids is 2. The zero-order valence-corrected chi connectivity index (χ0v) is 22.0. The fraction of sp³-hybridized carbons (Fsp3) is 0.517. The van der Waals surface area contributed by atoms with E-state index in [4.69, 9.17) is 4.74 Å². The maximum Gasteiger partial charge on any atom is 0.411 e. The highest BCUT2D eigenvalue weighted by molar-refractivity contribution is 7.99. The Hall–Kier alpha value is -2.51. The van der Waals surface area contributed by atoms with Gasteiger partial charge < -0.3 is 10.1 Å². The summed E-state index contributed by atoms with van der Waals surface area (Å²) in [6, 6.07) is 13.7. The molecule has 190 valence electrons. The second-order valence-electron chi connectivity index (χ2n) is 11.6. The van der Waals surface area contributed by atoms with Crippen molar-refractivity contribution in [2.75, 3.05) is 23.4 Å². The Bertz CT molecular complexity index is 1180. The topological polar surface area (TPSA) is 70.7 Å². The Labute approximate surface area is 217 Å². The summed E-state index contributed by atoms with van der Waals surface area (Å²) < 4.78 is 5.04. The quantitative estimate of drug-likeness (QED) is 0.456. The van der Waals surface area contributed by atoms with Crippen LogP contribution in [0.25, 0.3) is 0 Å². The van der Waals surface area contributed by atoms with Crippen LogP contribution in [0.3, 0.4) is 0 Å². The van der Waals surface area contributed by atoms with E-state index in [0.29, 0.717) is 30.7 Å². The summed E-state index contributed by atoms with van der Waals surface area (Å²) in [5.74, 6) is 1.77. The number of nitrogens with one attached hydrogen (secondary N) is 2. The van der Waals surface area contributed by atoms with Gasteiger partial charge in [-0.2, -0.15) is 0 Å². The average Bonchev–Trinajstić information content (AvgIpc) is 2.81. The Morgan fingerprint density at radius 3 is 2.56 bits per heavy atom. The third-order valence-corrected chi connectivity index (χ3v) is 9.62. The summed E-state index contributed by atoms with van der Waals surface area (Å²) in [5.41, 5.74) is 3.01. The number of hydrogen-bond donors (Lipinski definition) is 2. The van der Waals surface area contributed by atoms with E-state index < -0.39 is 6.09 Å². The van der Waals surface area contributed by atoms with Crippen molar-refractivity contribution in [2.45, 2.75) is 74.1 Å². The van der Waals surface area contributed by atoms with Gasteiger partial charge in [-0.25, -0.2) is 4.79 Å². The number of anilines is 3. The molecule has 5 aliphatic rings. The van der Waals surface area contributed by atoms with Gasteiger partial charge in [-0.15, -0.1) is 0 Å². The molecule has 2 N–H and O–H groups in total. The average molecular weight is 506 g/mol. The number of amides is 2. The van der Waals surface area contributed by atoms with Gasteiger partial charge in [0, 0.05) is 34.0 Å². The molecule has 2 aromatic rings. The SMILES string of the molecule is CCOC(=O)Nc1ccc2c(c1)N(C(=O)CCNC13CC4CC(CC(C)(C4)C1)C3)c1ccccc1S2. The standard InChI is InChI=1S/C29H35N3O3S/c1-3-35-27(34)31-21-8-9-25-23(13-21)32(22-6-4-5-7-24(22)36-25)26(33)10-11-30-29-16-19-12-20(17-29)15-28(2,14-19)18-29/h4-9,13,19-20,30H,3,10-12,14-18H2,1-2H3,(H,31,34). The minimum atomic E-state index is -0.493. The third kappa shape index (κ3) is 4.41. The van der Waals surface area contributed by atoms with Crippen LogP contribution in [0.1, 0.15) is 58.8 Å². The number of para-hydroxylation sites is 1. The smallest absolute Gasteiger partial charge is 0.411 e. The fourth-order valence-corrected chi connectivity index (χ4v) is 8.90. The number of nitrogens with zero attached hydrogens (tertiary/aromatic N) is 1. The van der Waals surface area contributed by atoms with Gasteiger partial charge in [0.15, 0.2) is 0 Å². The highest BCUT2D eigenvalue weighted by atomic mass is 32.2. The normalized spacial score (nSPS) is 29.4. The lowest BCUT2D eigenvalue weighted by Crippen LogP contribution is -2.61. The largest absolute Gasteiger partial charge is 0.450 e. The Kier molecular flexibility index (Phi) is 6.03. The van der Waals surface area contributed by atoms with E-state index in [1.807, 2.05) is 41.3 Å². The van der Waals surface area contributed by atoms with E-state index in [-0.39, 0.29) is 11.4 Å². The van der Waals surface area contributed by atoms with Crippen LogP contribution in [-0.2, 0) is 9.53 Å². The molecule has 6 nitrogen and oxygen atoms in total. The van der Waals surface area contributed by atoms with Crippen LogP contribution in [0.15, 0.2) is 52.3 Å². The number of fused-ring (bicyclic) bond motifs is 2. The lowest BCUT2D eigenvalue weighted by atomic mass is 9.47. The highest BCUT2D eigenvalue weighted by Crippen LogP contribution is 2.61. The molecule has 4 aliphatic carbocycles. The highest BCUT2D eigenvalue weighted by Gasteiger charge is 2.55. The minimum absolute atomic E-state index is 0.0701. The number of hydrogen-bond acceptors (Lipinski definition) is 5. The second-order valence-corrected chi connectivity index (χ2v) is 12.6. The third-order valence-electron chi connectivity index (χ3n) is 8.49. The summed E-state index contributed by atoms with van der Waals surface area (Å²) >= 11 is 1.65. The van der Waals surface area contributed by atoms with Gasteiger partial charge in [-0.05, 0) is 93.0 Å². The first-order valence-corrected chi connectivity index (χ1v) is 14.1. The Morgan fingerprint density at radius 2 is 1.81 bits per heavy atom. The van der Waals surface area contributed by atoms with Crippen LogP contribution in [-0.4, -0.2) is 30.7 Å². The number of ether oxygens (including phenoxy) is 1. The molecule has 0 saturated heterocycles. The van der Waals surface area contributed by atoms with E-state index in [1.165, 1.54) is 38.5 Å². The predicted octanol–water partition coefficient (Wildman–Crippen LogP) is 6.72. The molecule has 1 aliphatic heterocycles. The molecular formula is C29H35N3O3S. The molecule has 0 radical (unpaired) electrons. The van der Waals surface area contributed by atoms with Crippen LogP contribution in [0, 0.1) is 17.3 Å². The van der Waals surface area contributed by atoms with E-state index in [2.05, 4.69) is 23.6 Å². The first-order valence-electron chi connectivity index (χ1n) is 13.3. The zero-order valence-electron chi connectivity index (χ0n) is 21.1. The summed E-state index contributed by atoms with van der Waals surface area (Å²) in [7, 11) is 0. The summed E-state index contributed by atoms with van der Waals surface area (Å²) in [6.45, 7) is 5.25.